The van der Waals surface area contributed by atoms with Gasteiger partial charge in [0.2, 0.25) is 0 Å². The van der Waals surface area contributed by atoms with Gasteiger partial charge in [0.1, 0.15) is 5.92 Å². The lowest BCUT2D eigenvalue weighted by Gasteiger charge is -2.07. The second-order valence-corrected chi connectivity index (χ2v) is 3.76. The Kier molecular flexibility index (Phi) is 7.02. The number of carbonyl (C=O) groups is 2. The molecular weight excluding hydrogens is 208 g/mol. The van der Waals surface area contributed by atoms with E-state index in [0.717, 1.165) is 12.8 Å². The van der Waals surface area contributed by atoms with Crippen LogP contribution in [-0.2, 0) is 9.59 Å². The van der Waals surface area contributed by atoms with Crippen LogP contribution in [0, 0.1) is 23.7 Å². The molecule has 0 spiro atoms. The van der Waals surface area contributed by atoms with E-state index in [-0.39, 0.29) is 6.42 Å². The molecule has 0 aromatic rings. The molecular formula is C12H18O4. The molecule has 0 bridgehead atoms. The third kappa shape index (κ3) is 6.07. The Morgan fingerprint density at radius 1 is 1.25 bits per heavy atom. The van der Waals surface area contributed by atoms with E-state index in [9.17, 15) is 9.59 Å². The molecule has 2 unspecified atom stereocenters. The van der Waals surface area contributed by atoms with Crippen LogP contribution in [0.5, 0.6) is 0 Å². The predicted octanol–water partition coefficient (Wildman–Crippen LogP) is 1.99. The quantitative estimate of drug-likeness (QED) is 0.679. The fourth-order valence-corrected chi connectivity index (χ4v) is 1.16. The van der Waals surface area contributed by atoms with Crippen molar-refractivity contribution in [2.45, 2.75) is 39.5 Å². The number of aliphatic carboxylic acids is 2. The van der Waals surface area contributed by atoms with Crippen molar-refractivity contribution in [2.24, 2.45) is 11.8 Å². The van der Waals surface area contributed by atoms with E-state index in [0.29, 0.717) is 6.42 Å². The van der Waals surface area contributed by atoms with Crippen molar-refractivity contribution in [3.63, 3.8) is 0 Å². The van der Waals surface area contributed by atoms with E-state index in [1.54, 1.807) is 0 Å². The summed E-state index contributed by atoms with van der Waals surface area (Å²) in [6.07, 6.45) is 2.63. The number of carboxylic acids is 2. The van der Waals surface area contributed by atoms with Gasteiger partial charge in [0.25, 0.3) is 0 Å². The minimum atomic E-state index is -0.979. The van der Waals surface area contributed by atoms with Crippen molar-refractivity contribution >= 4 is 11.9 Å². The van der Waals surface area contributed by atoms with Gasteiger partial charge in [-0.15, -0.1) is 5.92 Å². The van der Waals surface area contributed by atoms with Crippen LogP contribution in [0.15, 0.2) is 0 Å². The molecule has 16 heavy (non-hydrogen) atoms. The average Bonchev–Trinajstić information content (AvgIpc) is 2.21. The van der Waals surface area contributed by atoms with Gasteiger partial charge in [-0.3, -0.25) is 9.59 Å². The van der Waals surface area contributed by atoms with Crippen LogP contribution < -0.4 is 0 Å². The van der Waals surface area contributed by atoms with E-state index in [2.05, 4.69) is 11.8 Å². The first kappa shape index (κ1) is 14.5. The van der Waals surface area contributed by atoms with Gasteiger partial charge in [-0.05, 0) is 13.3 Å². The summed E-state index contributed by atoms with van der Waals surface area (Å²) >= 11 is 0. The maximum absolute atomic E-state index is 10.8. The lowest BCUT2D eigenvalue weighted by atomic mass is 9.98. The second-order valence-electron chi connectivity index (χ2n) is 3.76. The summed E-state index contributed by atoms with van der Waals surface area (Å²) in [5.74, 6) is 2.13. The normalized spacial score (nSPS) is 13.4. The molecule has 0 rings (SSSR count). The van der Waals surface area contributed by atoms with Crippen LogP contribution in [0.25, 0.3) is 0 Å². The first-order valence-corrected chi connectivity index (χ1v) is 5.43. The molecule has 0 aromatic heterocycles. The number of hydrogen-bond donors (Lipinski definition) is 2. The molecule has 0 heterocycles. The monoisotopic (exact) mass is 226 g/mol. The molecule has 2 atom stereocenters. The molecule has 0 aliphatic heterocycles. The summed E-state index contributed by atoms with van der Waals surface area (Å²) < 4.78 is 0. The third-order valence-corrected chi connectivity index (χ3v) is 2.29. The van der Waals surface area contributed by atoms with Crippen LogP contribution >= 0.6 is 0 Å². The van der Waals surface area contributed by atoms with Crippen molar-refractivity contribution in [1.82, 2.24) is 0 Å². The van der Waals surface area contributed by atoms with Crippen molar-refractivity contribution in [1.29, 1.82) is 0 Å². The molecule has 4 heteroatoms. The zero-order valence-electron chi connectivity index (χ0n) is 9.69. The lowest BCUT2D eigenvalue weighted by molar-refractivity contribution is -0.142. The third-order valence-electron chi connectivity index (χ3n) is 2.29. The van der Waals surface area contributed by atoms with Gasteiger partial charge in [-0.25, -0.2) is 0 Å². The SMILES string of the molecule is CCCCC(CC#CC(C)C(=O)O)C(=O)O. The first-order chi connectivity index (χ1) is 7.49. The maximum atomic E-state index is 10.8. The van der Waals surface area contributed by atoms with Gasteiger partial charge < -0.3 is 10.2 Å². The molecule has 0 fully saturated rings. The van der Waals surface area contributed by atoms with Crippen LogP contribution in [-0.4, -0.2) is 22.2 Å². The molecule has 0 aliphatic carbocycles. The van der Waals surface area contributed by atoms with Gasteiger partial charge >= 0.3 is 11.9 Å². The van der Waals surface area contributed by atoms with Crippen molar-refractivity contribution in [3.05, 3.63) is 0 Å². The summed E-state index contributed by atoms with van der Waals surface area (Å²) in [7, 11) is 0. The second kappa shape index (κ2) is 7.75. The highest BCUT2D eigenvalue weighted by molar-refractivity contribution is 5.73. The molecule has 0 saturated carbocycles. The Labute approximate surface area is 95.7 Å². The summed E-state index contributed by atoms with van der Waals surface area (Å²) in [5, 5.41) is 17.5. The van der Waals surface area contributed by atoms with Gasteiger partial charge in [0, 0.05) is 6.42 Å². The number of hydrogen-bond acceptors (Lipinski definition) is 2. The Balaban J connectivity index is 4.20. The van der Waals surface area contributed by atoms with Crippen LogP contribution in [0.4, 0.5) is 0 Å². The molecule has 4 nitrogen and oxygen atoms in total. The highest BCUT2D eigenvalue weighted by Gasteiger charge is 2.15. The smallest absolute Gasteiger partial charge is 0.318 e. The largest absolute Gasteiger partial charge is 0.481 e. The van der Waals surface area contributed by atoms with Crippen molar-refractivity contribution < 1.29 is 19.8 Å². The zero-order chi connectivity index (χ0) is 12.6. The Morgan fingerprint density at radius 3 is 2.31 bits per heavy atom. The summed E-state index contributed by atoms with van der Waals surface area (Å²) in [5.41, 5.74) is 0. The molecule has 0 radical (unpaired) electrons. The topological polar surface area (TPSA) is 74.6 Å². The molecule has 0 amide bonds. The average molecular weight is 226 g/mol. The number of unbranched alkanes of at least 4 members (excludes halogenated alkanes) is 1. The molecule has 0 aromatic carbocycles. The van der Waals surface area contributed by atoms with Crippen LogP contribution in [0.3, 0.4) is 0 Å². The van der Waals surface area contributed by atoms with E-state index >= 15 is 0 Å². The summed E-state index contributed by atoms with van der Waals surface area (Å²) in [4.78, 5) is 21.3. The highest BCUT2D eigenvalue weighted by atomic mass is 16.4. The van der Waals surface area contributed by atoms with Crippen LogP contribution in [0.1, 0.15) is 39.5 Å². The van der Waals surface area contributed by atoms with Gasteiger partial charge in [0.15, 0.2) is 0 Å². The van der Waals surface area contributed by atoms with E-state index in [1.165, 1.54) is 6.92 Å². The Morgan fingerprint density at radius 2 is 1.88 bits per heavy atom. The Bertz CT molecular complexity index is 298. The highest BCUT2D eigenvalue weighted by Crippen LogP contribution is 2.12. The van der Waals surface area contributed by atoms with E-state index < -0.39 is 23.8 Å². The minimum Gasteiger partial charge on any atom is -0.481 e. The first-order valence-electron chi connectivity index (χ1n) is 5.43. The predicted molar refractivity (Wildman–Crippen MR) is 59.8 cm³/mol. The molecule has 0 saturated heterocycles. The maximum Gasteiger partial charge on any atom is 0.318 e. The minimum absolute atomic E-state index is 0.229. The lowest BCUT2D eigenvalue weighted by Crippen LogP contribution is -2.13. The number of rotatable bonds is 6. The summed E-state index contributed by atoms with van der Waals surface area (Å²) in [6.45, 7) is 3.48. The standard InChI is InChI=1S/C12H18O4/c1-3-4-7-10(12(15)16)8-5-6-9(2)11(13)14/h9-10H,3-4,7-8H2,1-2H3,(H,13,14)(H,15,16). The fourth-order valence-electron chi connectivity index (χ4n) is 1.16. The summed E-state index contributed by atoms with van der Waals surface area (Å²) in [6, 6.07) is 0. The zero-order valence-corrected chi connectivity index (χ0v) is 9.69. The van der Waals surface area contributed by atoms with Gasteiger partial charge in [0.05, 0.1) is 5.92 Å². The van der Waals surface area contributed by atoms with E-state index in [4.69, 9.17) is 10.2 Å². The van der Waals surface area contributed by atoms with Gasteiger partial charge in [-0.2, -0.15) is 0 Å². The molecule has 2 N–H and O–H groups in total. The van der Waals surface area contributed by atoms with Gasteiger partial charge in [-0.1, -0.05) is 25.7 Å². The van der Waals surface area contributed by atoms with Crippen molar-refractivity contribution in [3.8, 4) is 11.8 Å². The molecule has 0 aliphatic rings. The fraction of sp³-hybridized carbons (Fsp3) is 0.667. The van der Waals surface area contributed by atoms with E-state index in [1.807, 2.05) is 6.92 Å². The van der Waals surface area contributed by atoms with Crippen molar-refractivity contribution in [2.75, 3.05) is 0 Å². The number of carboxylic acid groups (broad SMARTS) is 2. The Hall–Kier alpha value is -1.50. The van der Waals surface area contributed by atoms with Crippen LogP contribution in [0.2, 0.25) is 0 Å². The molecule has 90 valence electrons.